The third-order valence-electron chi connectivity index (χ3n) is 4.11. The lowest BCUT2D eigenvalue weighted by Gasteiger charge is -2.40. The predicted molar refractivity (Wildman–Crippen MR) is 82.3 cm³/mol. The third kappa shape index (κ3) is 4.32. The van der Waals surface area contributed by atoms with Crippen molar-refractivity contribution in [2.75, 3.05) is 33.2 Å². The van der Waals surface area contributed by atoms with Gasteiger partial charge in [-0.05, 0) is 37.9 Å². The van der Waals surface area contributed by atoms with E-state index in [1.807, 2.05) is 0 Å². The largest absolute Gasteiger partial charge is 0.303 e. The highest BCUT2D eigenvalue weighted by Crippen LogP contribution is 2.25. The first kappa shape index (κ1) is 14.5. The number of piperazine rings is 1. The Bertz CT molecular complexity index is 361. The van der Waals surface area contributed by atoms with Gasteiger partial charge < -0.3 is 4.90 Å². The van der Waals surface area contributed by atoms with Crippen molar-refractivity contribution in [1.82, 2.24) is 9.80 Å². The number of benzene rings is 1. The van der Waals surface area contributed by atoms with E-state index in [0.717, 1.165) is 12.5 Å². The minimum absolute atomic E-state index is 0.576. The van der Waals surface area contributed by atoms with Crippen molar-refractivity contribution in [3.8, 4) is 0 Å². The lowest BCUT2D eigenvalue weighted by molar-refractivity contribution is 0.0874. The van der Waals surface area contributed by atoms with E-state index in [4.69, 9.17) is 0 Å². The maximum atomic E-state index is 2.68. The molecular weight excluding hydrogens is 232 g/mol. The number of nitrogens with zero attached hydrogens (tertiary/aromatic N) is 2. The molecule has 0 amide bonds. The van der Waals surface area contributed by atoms with Crippen LogP contribution in [0.1, 0.15) is 38.3 Å². The highest BCUT2D eigenvalue weighted by Gasteiger charge is 2.25. The van der Waals surface area contributed by atoms with Gasteiger partial charge in [0, 0.05) is 25.7 Å². The molecule has 0 bridgehead atoms. The summed E-state index contributed by atoms with van der Waals surface area (Å²) in [6, 6.07) is 11.6. The van der Waals surface area contributed by atoms with Crippen molar-refractivity contribution in [2.24, 2.45) is 5.92 Å². The van der Waals surface area contributed by atoms with E-state index >= 15 is 0 Å². The van der Waals surface area contributed by atoms with Crippen LogP contribution in [0.25, 0.3) is 0 Å². The fourth-order valence-electron chi connectivity index (χ4n) is 2.92. The summed E-state index contributed by atoms with van der Waals surface area (Å²) >= 11 is 0. The van der Waals surface area contributed by atoms with E-state index in [2.05, 4.69) is 61.0 Å². The lowest BCUT2D eigenvalue weighted by atomic mass is 10.0. The summed E-state index contributed by atoms with van der Waals surface area (Å²) in [4.78, 5) is 5.13. The maximum Gasteiger partial charge on any atom is 0.0475 e. The molecule has 0 radical (unpaired) electrons. The first-order valence-electron chi connectivity index (χ1n) is 7.64. The first-order chi connectivity index (χ1) is 9.16. The van der Waals surface area contributed by atoms with Gasteiger partial charge >= 0.3 is 0 Å². The molecule has 1 saturated heterocycles. The third-order valence-corrected chi connectivity index (χ3v) is 4.11. The summed E-state index contributed by atoms with van der Waals surface area (Å²) in [5.41, 5.74) is 1.47. The van der Waals surface area contributed by atoms with Gasteiger partial charge in [-0.1, -0.05) is 44.2 Å². The molecule has 1 aliphatic rings. The average molecular weight is 260 g/mol. The summed E-state index contributed by atoms with van der Waals surface area (Å²) in [6.07, 6.45) is 2.67. The quantitative estimate of drug-likeness (QED) is 0.800. The standard InChI is InChI=1S/C17H28N2/c1-15(2)8-7-11-19-13-12-18(3)14-17(19)16-9-5-4-6-10-16/h4-6,9-10,15,17H,7-8,11-14H2,1-3H3. The molecule has 2 heteroatoms. The number of hydrogen-bond acceptors (Lipinski definition) is 2. The number of likely N-dealkylation sites (N-methyl/N-ethyl adjacent to an activating group) is 1. The Hall–Kier alpha value is -0.860. The molecule has 2 rings (SSSR count). The zero-order chi connectivity index (χ0) is 13.7. The second-order valence-corrected chi connectivity index (χ2v) is 6.26. The fourth-order valence-corrected chi connectivity index (χ4v) is 2.92. The normalized spacial score (nSPS) is 22.0. The van der Waals surface area contributed by atoms with Crippen LogP contribution in [0.3, 0.4) is 0 Å². The molecule has 106 valence electrons. The van der Waals surface area contributed by atoms with Gasteiger partial charge in [0.1, 0.15) is 0 Å². The van der Waals surface area contributed by atoms with Gasteiger partial charge in [-0.15, -0.1) is 0 Å². The van der Waals surface area contributed by atoms with Gasteiger partial charge in [-0.2, -0.15) is 0 Å². The van der Waals surface area contributed by atoms with Crippen LogP contribution in [0, 0.1) is 5.92 Å². The zero-order valence-corrected chi connectivity index (χ0v) is 12.7. The molecule has 0 aliphatic carbocycles. The Morgan fingerprint density at radius 1 is 1.16 bits per heavy atom. The summed E-state index contributed by atoms with van der Waals surface area (Å²) in [5.74, 6) is 0.822. The van der Waals surface area contributed by atoms with E-state index in [0.29, 0.717) is 6.04 Å². The van der Waals surface area contributed by atoms with Crippen LogP contribution < -0.4 is 0 Å². The Labute approximate surface area is 118 Å². The summed E-state index contributed by atoms with van der Waals surface area (Å²) in [5, 5.41) is 0. The van der Waals surface area contributed by atoms with Gasteiger partial charge in [0.15, 0.2) is 0 Å². The van der Waals surface area contributed by atoms with E-state index in [9.17, 15) is 0 Å². The summed E-state index contributed by atoms with van der Waals surface area (Å²) in [7, 11) is 2.24. The molecule has 1 fully saturated rings. The molecule has 0 saturated carbocycles. The predicted octanol–water partition coefficient (Wildman–Crippen LogP) is 3.41. The first-order valence-corrected chi connectivity index (χ1v) is 7.64. The summed E-state index contributed by atoms with van der Waals surface area (Å²) in [6.45, 7) is 9.44. The molecule has 0 aromatic heterocycles. The van der Waals surface area contributed by atoms with E-state index < -0.39 is 0 Å². The second kappa shape index (κ2) is 7.06. The Morgan fingerprint density at radius 3 is 2.58 bits per heavy atom. The molecule has 19 heavy (non-hydrogen) atoms. The smallest absolute Gasteiger partial charge is 0.0475 e. The molecule has 1 heterocycles. The van der Waals surface area contributed by atoms with E-state index in [1.165, 1.54) is 38.0 Å². The van der Waals surface area contributed by atoms with Crippen LogP contribution >= 0.6 is 0 Å². The number of hydrogen-bond donors (Lipinski definition) is 0. The minimum atomic E-state index is 0.576. The van der Waals surface area contributed by atoms with Crippen LogP contribution in [0.15, 0.2) is 30.3 Å². The Morgan fingerprint density at radius 2 is 1.89 bits per heavy atom. The van der Waals surface area contributed by atoms with E-state index in [1.54, 1.807) is 0 Å². The molecule has 1 aromatic rings. The summed E-state index contributed by atoms with van der Waals surface area (Å²) < 4.78 is 0. The Kier molecular flexibility index (Phi) is 5.41. The topological polar surface area (TPSA) is 6.48 Å². The van der Waals surface area contributed by atoms with Crippen LogP contribution in [0.4, 0.5) is 0 Å². The Balaban J connectivity index is 1.98. The highest BCUT2D eigenvalue weighted by atomic mass is 15.3. The van der Waals surface area contributed by atoms with Crippen molar-refractivity contribution < 1.29 is 0 Å². The SMILES string of the molecule is CC(C)CCCN1CCN(C)CC1c1ccccc1. The van der Waals surface area contributed by atoms with Gasteiger partial charge in [0.25, 0.3) is 0 Å². The van der Waals surface area contributed by atoms with Gasteiger partial charge in [-0.25, -0.2) is 0 Å². The molecule has 0 N–H and O–H groups in total. The molecule has 1 aliphatic heterocycles. The lowest BCUT2D eigenvalue weighted by Crippen LogP contribution is -2.47. The molecular formula is C17H28N2. The second-order valence-electron chi connectivity index (χ2n) is 6.26. The average Bonchev–Trinajstić information content (AvgIpc) is 2.41. The van der Waals surface area contributed by atoms with Crippen molar-refractivity contribution in [1.29, 1.82) is 0 Å². The van der Waals surface area contributed by atoms with Crippen LogP contribution in [0.5, 0.6) is 0 Å². The van der Waals surface area contributed by atoms with Crippen LogP contribution in [-0.2, 0) is 0 Å². The van der Waals surface area contributed by atoms with Gasteiger partial charge in [0.05, 0.1) is 0 Å². The maximum absolute atomic E-state index is 2.68. The van der Waals surface area contributed by atoms with Crippen molar-refractivity contribution in [3.63, 3.8) is 0 Å². The van der Waals surface area contributed by atoms with E-state index in [-0.39, 0.29) is 0 Å². The molecule has 2 nitrogen and oxygen atoms in total. The van der Waals surface area contributed by atoms with Gasteiger partial charge in [-0.3, -0.25) is 4.90 Å². The monoisotopic (exact) mass is 260 g/mol. The number of rotatable bonds is 5. The van der Waals surface area contributed by atoms with Crippen LogP contribution in [-0.4, -0.2) is 43.0 Å². The van der Waals surface area contributed by atoms with Crippen molar-refractivity contribution in [3.05, 3.63) is 35.9 Å². The van der Waals surface area contributed by atoms with Gasteiger partial charge in [0.2, 0.25) is 0 Å². The minimum Gasteiger partial charge on any atom is -0.303 e. The highest BCUT2D eigenvalue weighted by molar-refractivity contribution is 5.20. The fraction of sp³-hybridized carbons (Fsp3) is 0.647. The van der Waals surface area contributed by atoms with Crippen molar-refractivity contribution >= 4 is 0 Å². The molecule has 1 atom stereocenters. The van der Waals surface area contributed by atoms with Crippen molar-refractivity contribution in [2.45, 2.75) is 32.7 Å². The zero-order valence-electron chi connectivity index (χ0n) is 12.7. The molecule has 0 spiro atoms. The van der Waals surface area contributed by atoms with Crippen LogP contribution in [0.2, 0.25) is 0 Å². The molecule has 1 unspecified atom stereocenters. The molecule has 1 aromatic carbocycles.